The summed E-state index contributed by atoms with van der Waals surface area (Å²) in [5.74, 6) is 2.99. The highest BCUT2D eigenvalue weighted by atomic mass is 16.2. The fraction of sp³-hybridized carbons (Fsp3) is 0.722. The van der Waals surface area contributed by atoms with Gasteiger partial charge in [-0.3, -0.25) is 4.79 Å². The molecule has 0 aromatic carbocycles. The first kappa shape index (κ1) is 16.2. The number of hydrogen-bond donors (Lipinski definition) is 0. The molecule has 2 aliphatic rings. The molecule has 0 spiro atoms. The molecule has 0 bridgehead atoms. The smallest absolute Gasteiger partial charge is 0.225 e. The van der Waals surface area contributed by atoms with Crippen molar-refractivity contribution in [2.45, 2.75) is 52.9 Å². The normalized spacial score (nSPS) is 19.2. The maximum atomic E-state index is 12.3. The fourth-order valence-electron chi connectivity index (χ4n) is 3.56. The van der Waals surface area contributed by atoms with Crippen LogP contribution in [0, 0.1) is 19.8 Å². The molecule has 1 aromatic heterocycles. The van der Waals surface area contributed by atoms with E-state index in [1.54, 1.807) is 0 Å². The van der Waals surface area contributed by atoms with Gasteiger partial charge in [-0.15, -0.1) is 0 Å². The summed E-state index contributed by atoms with van der Waals surface area (Å²) in [6.45, 7) is 12.0. The van der Waals surface area contributed by atoms with Crippen molar-refractivity contribution in [2.24, 2.45) is 5.92 Å². The van der Waals surface area contributed by atoms with Crippen LogP contribution in [0.25, 0.3) is 0 Å². The molecular formula is C18H28N4O. The first-order valence-electron chi connectivity index (χ1n) is 8.86. The van der Waals surface area contributed by atoms with Crippen LogP contribution in [0.1, 0.15) is 56.1 Å². The Morgan fingerprint density at radius 2 is 1.83 bits per heavy atom. The van der Waals surface area contributed by atoms with E-state index in [2.05, 4.69) is 35.6 Å². The SMILES string of the molecule is Cc1nc(C)c(C(C)C)c(N2CCCN(C(=O)C3CC3)CC2)n1. The second-order valence-electron chi connectivity index (χ2n) is 7.19. The highest BCUT2D eigenvalue weighted by molar-refractivity contribution is 5.81. The largest absolute Gasteiger partial charge is 0.354 e. The fourth-order valence-corrected chi connectivity index (χ4v) is 3.56. The van der Waals surface area contributed by atoms with Crippen LogP contribution in [0.5, 0.6) is 0 Å². The predicted octanol–water partition coefficient (Wildman–Crippen LogP) is 2.67. The van der Waals surface area contributed by atoms with E-state index in [9.17, 15) is 4.79 Å². The summed E-state index contributed by atoms with van der Waals surface area (Å²) in [7, 11) is 0. The quantitative estimate of drug-likeness (QED) is 0.860. The summed E-state index contributed by atoms with van der Waals surface area (Å²) in [4.78, 5) is 26.0. The van der Waals surface area contributed by atoms with E-state index in [1.165, 1.54) is 5.56 Å². The van der Waals surface area contributed by atoms with Crippen molar-refractivity contribution in [1.29, 1.82) is 0 Å². The van der Waals surface area contributed by atoms with Gasteiger partial charge < -0.3 is 9.80 Å². The Bertz CT molecular complexity index is 595. The molecule has 1 saturated carbocycles. The highest BCUT2D eigenvalue weighted by Gasteiger charge is 2.34. The van der Waals surface area contributed by atoms with Crippen molar-refractivity contribution in [3.8, 4) is 0 Å². The topological polar surface area (TPSA) is 49.3 Å². The summed E-state index contributed by atoms with van der Waals surface area (Å²) in [5, 5.41) is 0. The summed E-state index contributed by atoms with van der Waals surface area (Å²) in [5.41, 5.74) is 2.33. The third-order valence-electron chi connectivity index (χ3n) is 4.84. The molecule has 1 amide bonds. The van der Waals surface area contributed by atoms with Crippen molar-refractivity contribution in [1.82, 2.24) is 14.9 Å². The Morgan fingerprint density at radius 1 is 1.09 bits per heavy atom. The zero-order valence-corrected chi connectivity index (χ0v) is 14.8. The third-order valence-corrected chi connectivity index (χ3v) is 4.84. The lowest BCUT2D eigenvalue weighted by Crippen LogP contribution is -2.36. The van der Waals surface area contributed by atoms with Gasteiger partial charge in [-0.1, -0.05) is 13.8 Å². The molecule has 1 aliphatic heterocycles. The Kier molecular flexibility index (Phi) is 4.55. The van der Waals surface area contributed by atoms with E-state index in [4.69, 9.17) is 4.98 Å². The summed E-state index contributed by atoms with van der Waals surface area (Å²) < 4.78 is 0. The number of carbonyl (C=O) groups is 1. The van der Waals surface area contributed by atoms with Crippen LogP contribution in [0.3, 0.4) is 0 Å². The Morgan fingerprint density at radius 3 is 2.48 bits per heavy atom. The number of nitrogens with zero attached hydrogens (tertiary/aromatic N) is 4. The molecule has 0 N–H and O–H groups in total. The highest BCUT2D eigenvalue weighted by Crippen LogP contribution is 2.32. The molecule has 1 aromatic rings. The van der Waals surface area contributed by atoms with Crippen molar-refractivity contribution in [2.75, 3.05) is 31.1 Å². The Balaban J connectivity index is 1.80. The molecule has 1 saturated heterocycles. The van der Waals surface area contributed by atoms with Crippen LogP contribution in [-0.4, -0.2) is 47.0 Å². The van der Waals surface area contributed by atoms with Gasteiger partial charge in [0.15, 0.2) is 0 Å². The molecule has 2 fully saturated rings. The maximum Gasteiger partial charge on any atom is 0.225 e. The van der Waals surface area contributed by atoms with Gasteiger partial charge in [-0.2, -0.15) is 0 Å². The lowest BCUT2D eigenvalue weighted by atomic mass is 10.0. The minimum absolute atomic E-state index is 0.316. The van der Waals surface area contributed by atoms with Crippen LogP contribution in [-0.2, 0) is 4.79 Å². The van der Waals surface area contributed by atoms with Crippen molar-refractivity contribution < 1.29 is 4.79 Å². The number of anilines is 1. The number of hydrogen-bond acceptors (Lipinski definition) is 4. The first-order chi connectivity index (χ1) is 11.0. The van der Waals surface area contributed by atoms with E-state index in [1.807, 2.05) is 6.92 Å². The van der Waals surface area contributed by atoms with Crippen molar-refractivity contribution in [3.05, 3.63) is 17.1 Å². The van der Waals surface area contributed by atoms with Gasteiger partial charge in [0.1, 0.15) is 11.6 Å². The van der Waals surface area contributed by atoms with Crippen LogP contribution >= 0.6 is 0 Å². The molecule has 126 valence electrons. The van der Waals surface area contributed by atoms with Crippen molar-refractivity contribution in [3.63, 3.8) is 0 Å². The standard InChI is InChI=1S/C18H28N4O/c1-12(2)16-13(3)19-14(4)20-17(16)21-8-5-9-22(11-10-21)18(23)15-6-7-15/h12,15H,5-11H2,1-4H3. The molecular weight excluding hydrogens is 288 g/mol. The molecule has 5 nitrogen and oxygen atoms in total. The minimum atomic E-state index is 0.316. The Hall–Kier alpha value is -1.65. The first-order valence-corrected chi connectivity index (χ1v) is 8.86. The van der Waals surface area contributed by atoms with Gasteiger partial charge in [0.2, 0.25) is 5.91 Å². The third kappa shape index (κ3) is 3.48. The van der Waals surface area contributed by atoms with E-state index >= 15 is 0 Å². The van der Waals surface area contributed by atoms with Gasteiger partial charge in [0, 0.05) is 43.4 Å². The van der Waals surface area contributed by atoms with Crippen molar-refractivity contribution >= 4 is 11.7 Å². The summed E-state index contributed by atoms with van der Waals surface area (Å²) >= 11 is 0. The molecule has 0 unspecified atom stereocenters. The molecule has 1 aliphatic carbocycles. The number of aryl methyl sites for hydroxylation is 2. The maximum absolute atomic E-state index is 12.3. The molecule has 3 rings (SSSR count). The van der Waals surface area contributed by atoms with Gasteiger partial charge >= 0.3 is 0 Å². The average molecular weight is 316 g/mol. The lowest BCUT2D eigenvalue weighted by Gasteiger charge is -2.27. The van der Waals surface area contributed by atoms with Gasteiger partial charge in [0.05, 0.1) is 0 Å². The monoisotopic (exact) mass is 316 g/mol. The second kappa shape index (κ2) is 6.46. The summed E-state index contributed by atoms with van der Waals surface area (Å²) in [6, 6.07) is 0. The van der Waals surface area contributed by atoms with E-state index in [0.29, 0.717) is 17.7 Å². The lowest BCUT2D eigenvalue weighted by molar-refractivity contribution is -0.132. The van der Waals surface area contributed by atoms with Crippen LogP contribution < -0.4 is 4.90 Å². The van der Waals surface area contributed by atoms with Crippen LogP contribution in [0.15, 0.2) is 0 Å². The summed E-state index contributed by atoms with van der Waals surface area (Å²) in [6.07, 6.45) is 3.18. The van der Waals surface area contributed by atoms with Gasteiger partial charge in [-0.05, 0) is 39.0 Å². The van der Waals surface area contributed by atoms with Crippen LogP contribution in [0.4, 0.5) is 5.82 Å². The van der Waals surface area contributed by atoms with E-state index in [0.717, 1.165) is 62.8 Å². The number of carbonyl (C=O) groups excluding carboxylic acids is 1. The molecule has 0 atom stereocenters. The zero-order valence-electron chi connectivity index (χ0n) is 14.8. The number of amides is 1. The molecule has 0 radical (unpaired) electrons. The minimum Gasteiger partial charge on any atom is -0.354 e. The zero-order chi connectivity index (χ0) is 16.6. The molecule has 23 heavy (non-hydrogen) atoms. The van der Waals surface area contributed by atoms with E-state index < -0.39 is 0 Å². The predicted molar refractivity (Wildman–Crippen MR) is 91.7 cm³/mol. The molecule has 2 heterocycles. The van der Waals surface area contributed by atoms with E-state index in [-0.39, 0.29) is 0 Å². The number of rotatable bonds is 3. The van der Waals surface area contributed by atoms with Gasteiger partial charge in [0.25, 0.3) is 0 Å². The van der Waals surface area contributed by atoms with Gasteiger partial charge in [-0.25, -0.2) is 9.97 Å². The Labute approximate surface area is 139 Å². The number of aromatic nitrogens is 2. The molecule has 5 heteroatoms. The second-order valence-corrected chi connectivity index (χ2v) is 7.19. The average Bonchev–Trinajstić information content (AvgIpc) is 3.32. The van der Waals surface area contributed by atoms with Crippen LogP contribution in [0.2, 0.25) is 0 Å².